The van der Waals surface area contributed by atoms with Crippen LogP contribution in [0.4, 0.5) is 0 Å². The molecule has 15 heavy (non-hydrogen) atoms. The van der Waals surface area contributed by atoms with Crippen molar-refractivity contribution in [2.75, 3.05) is 32.8 Å². The monoisotopic (exact) mass is 209 g/mol. The van der Waals surface area contributed by atoms with Crippen molar-refractivity contribution in [3.05, 3.63) is 0 Å². The van der Waals surface area contributed by atoms with E-state index >= 15 is 0 Å². The van der Waals surface area contributed by atoms with Crippen molar-refractivity contribution >= 4 is 0 Å². The molecule has 2 heterocycles. The summed E-state index contributed by atoms with van der Waals surface area (Å²) in [6.07, 6.45) is 8.60. The molecular formula is C13H23NO. The van der Waals surface area contributed by atoms with Crippen LogP contribution >= 0.6 is 0 Å². The second kappa shape index (κ2) is 4.06. The van der Waals surface area contributed by atoms with Gasteiger partial charge in [-0.2, -0.15) is 0 Å². The molecule has 0 bridgehead atoms. The van der Waals surface area contributed by atoms with E-state index < -0.39 is 0 Å². The smallest absolute Gasteiger partial charge is 0.0469 e. The third kappa shape index (κ3) is 2.36. The van der Waals surface area contributed by atoms with Crippen LogP contribution in [0.25, 0.3) is 0 Å². The molecule has 3 rings (SSSR count). The molecule has 3 aliphatic rings. The van der Waals surface area contributed by atoms with Crippen molar-refractivity contribution in [3.63, 3.8) is 0 Å². The first-order chi connectivity index (χ1) is 7.36. The van der Waals surface area contributed by atoms with Gasteiger partial charge in [0.25, 0.3) is 0 Å². The summed E-state index contributed by atoms with van der Waals surface area (Å²) in [6, 6.07) is 0. The van der Waals surface area contributed by atoms with E-state index in [-0.39, 0.29) is 0 Å². The van der Waals surface area contributed by atoms with Crippen molar-refractivity contribution in [1.29, 1.82) is 0 Å². The quantitative estimate of drug-likeness (QED) is 0.692. The normalized spacial score (nSPS) is 32.0. The van der Waals surface area contributed by atoms with E-state index in [1.165, 1.54) is 58.2 Å². The van der Waals surface area contributed by atoms with E-state index in [1.54, 1.807) is 0 Å². The second-order valence-electron chi connectivity index (χ2n) is 5.86. The zero-order valence-electron chi connectivity index (χ0n) is 9.71. The fourth-order valence-electron chi connectivity index (χ4n) is 3.18. The third-order valence-electron chi connectivity index (χ3n) is 4.73. The molecule has 2 saturated heterocycles. The van der Waals surface area contributed by atoms with E-state index in [1.807, 2.05) is 0 Å². The minimum absolute atomic E-state index is 0.839. The van der Waals surface area contributed by atoms with Crippen LogP contribution in [0.1, 0.15) is 38.5 Å². The molecule has 2 heteroatoms. The summed E-state index contributed by atoms with van der Waals surface area (Å²) in [6.45, 7) is 6.10. The summed E-state index contributed by atoms with van der Waals surface area (Å²) < 4.78 is 5.41. The standard InChI is InChI=1S/C13H23NO/c1-9-15-10-2-12(1)11-14-7-5-13(3-4-13)6-8-14/h12H,1-11H2. The lowest BCUT2D eigenvalue weighted by Gasteiger charge is -2.35. The Morgan fingerprint density at radius 1 is 1.00 bits per heavy atom. The molecule has 2 nitrogen and oxygen atoms in total. The predicted molar refractivity (Wildman–Crippen MR) is 60.9 cm³/mol. The van der Waals surface area contributed by atoms with Crippen LogP contribution in [0.15, 0.2) is 0 Å². The fourth-order valence-corrected chi connectivity index (χ4v) is 3.18. The van der Waals surface area contributed by atoms with Crippen LogP contribution in [0.5, 0.6) is 0 Å². The summed E-state index contributed by atoms with van der Waals surface area (Å²) in [5.41, 5.74) is 0.839. The van der Waals surface area contributed by atoms with Crippen molar-refractivity contribution in [2.24, 2.45) is 11.3 Å². The summed E-state index contributed by atoms with van der Waals surface area (Å²) in [5, 5.41) is 0. The Labute approximate surface area is 93.0 Å². The van der Waals surface area contributed by atoms with Crippen molar-refractivity contribution in [3.8, 4) is 0 Å². The Morgan fingerprint density at radius 3 is 2.27 bits per heavy atom. The van der Waals surface area contributed by atoms with Crippen LogP contribution in [-0.4, -0.2) is 37.7 Å². The first-order valence-corrected chi connectivity index (χ1v) is 6.66. The van der Waals surface area contributed by atoms with Gasteiger partial charge in [0, 0.05) is 19.8 Å². The number of rotatable bonds is 2. The van der Waals surface area contributed by atoms with Gasteiger partial charge in [0.05, 0.1) is 0 Å². The largest absolute Gasteiger partial charge is 0.381 e. The van der Waals surface area contributed by atoms with Gasteiger partial charge in [-0.1, -0.05) is 0 Å². The van der Waals surface area contributed by atoms with Crippen LogP contribution in [0, 0.1) is 11.3 Å². The zero-order chi connectivity index (χ0) is 10.1. The molecule has 1 aliphatic carbocycles. The van der Waals surface area contributed by atoms with E-state index in [9.17, 15) is 0 Å². The molecule has 0 aromatic heterocycles. The minimum Gasteiger partial charge on any atom is -0.381 e. The highest BCUT2D eigenvalue weighted by Gasteiger charge is 2.44. The molecule has 0 aromatic rings. The zero-order valence-corrected chi connectivity index (χ0v) is 9.71. The number of hydrogen-bond donors (Lipinski definition) is 0. The van der Waals surface area contributed by atoms with Crippen molar-refractivity contribution in [2.45, 2.75) is 38.5 Å². The molecule has 0 aromatic carbocycles. The Hall–Kier alpha value is -0.0800. The van der Waals surface area contributed by atoms with Gasteiger partial charge in [-0.3, -0.25) is 0 Å². The highest BCUT2D eigenvalue weighted by molar-refractivity contribution is 4.96. The summed E-state index contributed by atoms with van der Waals surface area (Å²) in [4.78, 5) is 2.71. The highest BCUT2D eigenvalue weighted by Crippen LogP contribution is 2.53. The van der Waals surface area contributed by atoms with E-state index in [0.29, 0.717) is 0 Å². The van der Waals surface area contributed by atoms with Crippen LogP contribution in [0.3, 0.4) is 0 Å². The Balaban J connectivity index is 1.43. The summed E-state index contributed by atoms with van der Waals surface area (Å²) in [5.74, 6) is 0.923. The van der Waals surface area contributed by atoms with Gasteiger partial charge in [-0.25, -0.2) is 0 Å². The Kier molecular flexibility index (Phi) is 2.73. The molecule has 0 radical (unpaired) electrons. The average molecular weight is 209 g/mol. The van der Waals surface area contributed by atoms with E-state index in [4.69, 9.17) is 4.74 Å². The maximum absolute atomic E-state index is 5.41. The van der Waals surface area contributed by atoms with Gasteiger partial charge in [-0.05, 0) is 62.9 Å². The lowest BCUT2D eigenvalue weighted by Crippen LogP contribution is -2.39. The topological polar surface area (TPSA) is 12.5 Å². The maximum Gasteiger partial charge on any atom is 0.0469 e. The number of nitrogens with zero attached hydrogens (tertiary/aromatic N) is 1. The molecule has 86 valence electrons. The second-order valence-corrected chi connectivity index (χ2v) is 5.86. The molecule has 0 unspecified atom stereocenters. The molecular weight excluding hydrogens is 186 g/mol. The van der Waals surface area contributed by atoms with Gasteiger partial charge < -0.3 is 9.64 Å². The predicted octanol–water partition coefficient (Wildman–Crippen LogP) is 2.29. The molecule has 0 N–H and O–H groups in total. The number of hydrogen-bond acceptors (Lipinski definition) is 2. The molecule has 2 aliphatic heterocycles. The Morgan fingerprint density at radius 2 is 1.67 bits per heavy atom. The van der Waals surface area contributed by atoms with Gasteiger partial charge in [0.1, 0.15) is 0 Å². The fraction of sp³-hybridized carbons (Fsp3) is 1.00. The molecule has 0 atom stereocenters. The van der Waals surface area contributed by atoms with Crippen molar-refractivity contribution < 1.29 is 4.74 Å². The first kappa shape index (κ1) is 10.1. The molecule has 3 fully saturated rings. The molecule has 1 saturated carbocycles. The highest BCUT2D eigenvalue weighted by atomic mass is 16.5. The van der Waals surface area contributed by atoms with Crippen LogP contribution < -0.4 is 0 Å². The number of piperidine rings is 1. The summed E-state index contributed by atoms with van der Waals surface area (Å²) >= 11 is 0. The maximum atomic E-state index is 5.41. The van der Waals surface area contributed by atoms with Gasteiger partial charge in [-0.15, -0.1) is 0 Å². The SMILES string of the molecule is C1CC(CN2CCC3(CC2)CC3)CCO1. The lowest BCUT2D eigenvalue weighted by atomic mass is 9.92. The van der Waals surface area contributed by atoms with Crippen LogP contribution in [-0.2, 0) is 4.74 Å². The van der Waals surface area contributed by atoms with Gasteiger partial charge in [0.2, 0.25) is 0 Å². The van der Waals surface area contributed by atoms with Gasteiger partial charge in [0.15, 0.2) is 0 Å². The van der Waals surface area contributed by atoms with Crippen LogP contribution in [0.2, 0.25) is 0 Å². The minimum atomic E-state index is 0.839. The average Bonchev–Trinajstić information content (AvgIpc) is 3.04. The number of likely N-dealkylation sites (tertiary alicyclic amines) is 1. The first-order valence-electron chi connectivity index (χ1n) is 6.66. The van der Waals surface area contributed by atoms with Gasteiger partial charge >= 0.3 is 0 Å². The Bertz CT molecular complexity index is 209. The van der Waals surface area contributed by atoms with E-state index in [0.717, 1.165) is 24.5 Å². The van der Waals surface area contributed by atoms with E-state index in [2.05, 4.69) is 4.90 Å². The third-order valence-corrected chi connectivity index (χ3v) is 4.73. The molecule has 0 amide bonds. The molecule has 1 spiro atoms. The van der Waals surface area contributed by atoms with Crippen molar-refractivity contribution in [1.82, 2.24) is 4.90 Å². The lowest BCUT2D eigenvalue weighted by molar-refractivity contribution is 0.0456. The number of ether oxygens (including phenoxy) is 1. The summed E-state index contributed by atoms with van der Waals surface area (Å²) in [7, 11) is 0.